The van der Waals surface area contributed by atoms with Crippen LogP contribution in [0.1, 0.15) is 75.2 Å². The largest absolute Gasteiger partial charge is 0.342 e. The van der Waals surface area contributed by atoms with Gasteiger partial charge in [0, 0.05) is 57.2 Å². The van der Waals surface area contributed by atoms with Crippen molar-refractivity contribution < 1.29 is 4.79 Å². The van der Waals surface area contributed by atoms with Gasteiger partial charge in [-0.3, -0.25) is 19.1 Å². The Kier molecular flexibility index (Phi) is 6.93. The number of likely N-dealkylation sites (tertiary alicyclic amines) is 3. The molecule has 7 nitrogen and oxygen atoms in total. The molecule has 0 aliphatic carbocycles. The van der Waals surface area contributed by atoms with Crippen LogP contribution in [0.25, 0.3) is 0 Å². The third kappa shape index (κ3) is 4.93. The SMILES string of the molecule is O=C(CN1CCC(N2CCCC2)CC1)N1CCC(c2cc(=O)n3c(n2)CCCCC3)CC1. The molecule has 4 aliphatic rings. The predicted octanol–water partition coefficient (Wildman–Crippen LogP) is 2.24. The Labute approximate surface area is 191 Å². The van der Waals surface area contributed by atoms with Crippen molar-refractivity contribution >= 4 is 5.91 Å². The first-order valence-corrected chi connectivity index (χ1v) is 13.0. The van der Waals surface area contributed by atoms with Crippen LogP contribution in [0.3, 0.4) is 0 Å². The van der Waals surface area contributed by atoms with Gasteiger partial charge in [-0.15, -0.1) is 0 Å². The van der Waals surface area contributed by atoms with Crippen molar-refractivity contribution in [2.24, 2.45) is 0 Å². The second-order valence-corrected chi connectivity index (χ2v) is 10.3. The molecule has 32 heavy (non-hydrogen) atoms. The first-order valence-electron chi connectivity index (χ1n) is 13.0. The molecule has 1 amide bonds. The summed E-state index contributed by atoms with van der Waals surface area (Å²) in [6, 6.07) is 2.50. The van der Waals surface area contributed by atoms with Crippen LogP contribution in [0.15, 0.2) is 10.9 Å². The summed E-state index contributed by atoms with van der Waals surface area (Å²) in [5.41, 5.74) is 1.07. The van der Waals surface area contributed by atoms with Crippen LogP contribution in [-0.2, 0) is 17.8 Å². The van der Waals surface area contributed by atoms with Crippen molar-refractivity contribution in [3.05, 3.63) is 27.9 Å². The van der Waals surface area contributed by atoms with Gasteiger partial charge in [-0.25, -0.2) is 4.98 Å². The highest BCUT2D eigenvalue weighted by atomic mass is 16.2. The molecular formula is C25H39N5O2. The molecule has 1 aromatic heterocycles. The molecule has 0 radical (unpaired) electrons. The van der Waals surface area contributed by atoms with Gasteiger partial charge in [0.25, 0.3) is 5.56 Å². The standard InChI is InChI=1S/C25H39N5O2/c31-24-18-22(26-23-6-2-1-3-13-30(23)24)20-7-16-29(17-8-20)25(32)19-27-14-9-21(10-15-27)28-11-4-5-12-28/h18,20-21H,1-17,19H2. The van der Waals surface area contributed by atoms with Crippen molar-refractivity contribution in [3.8, 4) is 0 Å². The van der Waals surface area contributed by atoms with Crippen LogP contribution in [-0.4, -0.2) is 82.0 Å². The molecule has 4 aliphatic heterocycles. The molecule has 1 aromatic rings. The number of amides is 1. The number of hydrogen-bond acceptors (Lipinski definition) is 5. The van der Waals surface area contributed by atoms with E-state index in [2.05, 4.69) is 9.80 Å². The van der Waals surface area contributed by atoms with E-state index in [0.717, 1.165) is 82.4 Å². The fourth-order valence-electron chi connectivity index (χ4n) is 6.21. The number of aryl methyl sites for hydroxylation is 1. The normalized spacial score (nSPS) is 24.4. The van der Waals surface area contributed by atoms with Gasteiger partial charge in [0.05, 0.1) is 12.2 Å². The number of aromatic nitrogens is 2. The number of piperidine rings is 2. The van der Waals surface area contributed by atoms with E-state index in [0.29, 0.717) is 12.5 Å². The average Bonchev–Trinajstić information content (AvgIpc) is 3.25. The highest BCUT2D eigenvalue weighted by molar-refractivity contribution is 5.78. The molecular weight excluding hydrogens is 402 g/mol. The van der Waals surface area contributed by atoms with Gasteiger partial charge in [-0.05, 0) is 64.5 Å². The predicted molar refractivity (Wildman–Crippen MR) is 125 cm³/mol. The Morgan fingerprint density at radius 1 is 0.875 bits per heavy atom. The van der Waals surface area contributed by atoms with Crippen LogP contribution in [0, 0.1) is 0 Å². The molecule has 0 unspecified atom stereocenters. The molecule has 7 heteroatoms. The maximum absolute atomic E-state index is 12.9. The third-order valence-electron chi connectivity index (χ3n) is 8.23. The van der Waals surface area contributed by atoms with E-state index in [9.17, 15) is 9.59 Å². The van der Waals surface area contributed by atoms with Gasteiger partial charge < -0.3 is 9.80 Å². The van der Waals surface area contributed by atoms with Crippen molar-refractivity contribution in [1.82, 2.24) is 24.3 Å². The Balaban J connectivity index is 1.11. The van der Waals surface area contributed by atoms with E-state index < -0.39 is 0 Å². The van der Waals surface area contributed by atoms with Crippen LogP contribution < -0.4 is 5.56 Å². The fraction of sp³-hybridized carbons (Fsp3) is 0.800. The highest BCUT2D eigenvalue weighted by Crippen LogP contribution is 2.27. The van der Waals surface area contributed by atoms with Crippen molar-refractivity contribution in [2.75, 3.05) is 45.8 Å². The molecule has 0 spiro atoms. The second-order valence-electron chi connectivity index (χ2n) is 10.3. The summed E-state index contributed by atoms with van der Waals surface area (Å²) in [4.78, 5) is 37.5. The fourth-order valence-corrected chi connectivity index (χ4v) is 6.21. The number of rotatable bonds is 4. The Morgan fingerprint density at radius 2 is 1.59 bits per heavy atom. The zero-order valence-corrected chi connectivity index (χ0v) is 19.5. The van der Waals surface area contributed by atoms with Gasteiger partial charge in [0.2, 0.25) is 5.91 Å². The maximum Gasteiger partial charge on any atom is 0.253 e. The zero-order chi connectivity index (χ0) is 21.9. The lowest BCUT2D eigenvalue weighted by Gasteiger charge is -2.38. The number of fused-ring (bicyclic) bond motifs is 1. The number of nitrogens with zero attached hydrogens (tertiary/aromatic N) is 5. The van der Waals surface area contributed by atoms with Crippen LogP contribution in [0.4, 0.5) is 0 Å². The van der Waals surface area contributed by atoms with E-state index in [1.165, 1.54) is 45.2 Å². The molecule has 0 N–H and O–H groups in total. The Morgan fingerprint density at radius 3 is 2.34 bits per heavy atom. The molecule has 5 rings (SSSR count). The minimum atomic E-state index is 0.114. The summed E-state index contributed by atoms with van der Waals surface area (Å²) in [6.45, 7) is 7.58. The smallest absolute Gasteiger partial charge is 0.253 e. The maximum atomic E-state index is 12.9. The van der Waals surface area contributed by atoms with E-state index in [1.54, 1.807) is 6.07 Å². The molecule has 176 valence electrons. The molecule has 0 saturated carbocycles. The summed E-state index contributed by atoms with van der Waals surface area (Å²) in [6.07, 6.45) is 11.2. The van der Waals surface area contributed by atoms with Gasteiger partial charge in [-0.2, -0.15) is 0 Å². The number of carbonyl (C=O) groups excluding carboxylic acids is 1. The lowest BCUT2D eigenvalue weighted by Crippen LogP contribution is -2.48. The summed E-state index contributed by atoms with van der Waals surface area (Å²) in [7, 11) is 0. The highest BCUT2D eigenvalue weighted by Gasteiger charge is 2.30. The van der Waals surface area contributed by atoms with Crippen molar-refractivity contribution in [2.45, 2.75) is 82.7 Å². The van der Waals surface area contributed by atoms with E-state index in [4.69, 9.17) is 4.98 Å². The third-order valence-corrected chi connectivity index (χ3v) is 8.23. The van der Waals surface area contributed by atoms with Crippen LogP contribution in [0.5, 0.6) is 0 Å². The first-order chi connectivity index (χ1) is 15.7. The van der Waals surface area contributed by atoms with Gasteiger partial charge in [0.1, 0.15) is 5.82 Å². The Hall–Kier alpha value is -1.73. The van der Waals surface area contributed by atoms with Crippen LogP contribution in [0.2, 0.25) is 0 Å². The lowest BCUT2D eigenvalue weighted by molar-refractivity contribution is -0.133. The second kappa shape index (κ2) is 10.0. The average molecular weight is 442 g/mol. The molecule has 0 aromatic carbocycles. The molecule has 3 saturated heterocycles. The minimum Gasteiger partial charge on any atom is -0.342 e. The molecule has 5 heterocycles. The molecule has 0 bridgehead atoms. The summed E-state index contributed by atoms with van der Waals surface area (Å²) >= 11 is 0. The quantitative estimate of drug-likeness (QED) is 0.717. The molecule has 3 fully saturated rings. The van der Waals surface area contributed by atoms with Gasteiger partial charge >= 0.3 is 0 Å². The topological polar surface area (TPSA) is 61.7 Å². The van der Waals surface area contributed by atoms with E-state index in [1.807, 2.05) is 9.47 Å². The van der Waals surface area contributed by atoms with Crippen molar-refractivity contribution in [1.29, 1.82) is 0 Å². The first kappa shape index (κ1) is 22.1. The number of carbonyl (C=O) groups is 1. The summed E-state index contributed by atoms with van der Waals surface area (Å²) < 4.78 is 1.88. The zero-order valence-electron chi connectivity index (χ0n) is 19.5. The van der Waals surface area contributed by atoms with Crippen molar-refractivity contribution in [3.63, 3.8) is 0 Å². The monoisotopic (exact) mass is 441 g/mol. The summed E-state index contributed by atoms with van der Waals surface area (Å²) in [5.74, 6) is 1.55. The van der Waals surface area contributed by atoms with Crippen LogP contribution >= 0.6 is 0 Å². The van der Waals surface area contributed by atoms with Gasteiger partial charge in [0.15, 0.2) is 0 Å². The van der Waals surface area contributed by atoms with E-state index in [-0.39, 0.29) is 11.5 Å². The number of hydrogen-bond donors (Lipinski definition) is 0. The lowest BCUT2D eigenvalue weighted by atomic mass is 9.93. The Bertz CT molecular complexity index is 846. The van der Waals surface area contributed by atoms with Gasteiger partial charge in [-0.1, -0.05) is 6.42 Å². The minimum absolute atomic E-state index is 0.114. The van der Waals surface area contributed by atoms with E-state index >= 15 is 0 Å². The molecule has 0 atom stereocenters. The summed E-state index contributed by atoms with van der Waals surface area (Å²) in [5, 5.41) is 0.